The minimum atomic E-state index is -4.75. The Morgan fingerprint density at radius 3 is 2.64 bits per heavy atom. The third-order valence-corrected chi connectivity index (χ3v) is 9.68. The van der Waals surface area contributed by atoms with Crippen molar-refractivity contribution in [3.8, 4) is 0 Å². The van der Waals surface area contributed by atoms with E-state index in [1.807, 2.05) is 0 Å². The van der Waals surface area contributed by atoms with Crippen molar-refractivity contribution in [1.82, 2.24) is 43.8 Å². The second kappa shape index (κ2) is 10.5. The molecule has 4 aromatic heterocycles. The van der Waals surface area contributed by atoms with Gasteiger partial charge in [-0.1, -0.05) is 6.92 Å². The molecule has 3 aliphatic heterocycles. The van der Waals surface area contributed by atoms with Gasteiger partial charge in [0, 0.05) is 18.9 Å². The Morgan fingerprint density at radius 1 is 1.05 bits per heavy atom. The Kier molecular flexibility index (Phi) is 6.95. The molecule has 3 unspecified atom stereocenters. The smallest absolute Gasteiger partial charge is 0.382 e. The fourth-order valence-corrected chi connectivity index (χ4v) is 7.47. The number of nitrogens with zero attached hydrogens (tertiary/aromatic N) is 7. The number of nitrogens with one attached hydrogen (secondary N) is 2. The summed E-state index contributed by atoms with van der Waals surface area (Å²) in [7, 11) is -9.25. The van der Waals surface area contributed by atoms with Gasteiger partial charge in [0.2, 0.25) is 5.95 Å². The lowest BCUT2D eigenvalue weighted by Crippen LogP contribution is -2.41. The quantitative estimate of drug-likeness (QED) is 0.156. The lowest BCUT2D eigenvalue weighted by atomic mass is 10.0. The monoisotopic (exact) mass is 655 g/mol. The predicted molar refractivity (Wildman–Crippen MR) is 146 cm³/mol. The number of hydrogen-bond acceptors (Lipinski definition) is 16. The highest BCUT2D eigenvalue weighted by atomic mass is 32.2. The van der Waals surface area contributed by atoms with E-state index in [0.29, 0.717) is 11.2 Å². The summed E-state index contributed by atoms with van der Waals surface area (Å²) in [5, 5.41) is 0. The van der Waals surface area contributed by atoms with E-state index in [9.17, 15) is 22.7 Å². The van der Waals surface area contributed by atoms with Crippen molar-refractivity contribution in [1.29, 1.82) is 0 Å². The molecule has 0 aromatic carbocycles. The number of hydrogen-bond donors (Lipinski definition) is 5. The average Bonchev–Trinajstić information content (AvgIpc) is 3.72. The summed E-state index contributed by atoms with van der Waals surface area (Å²) in [6, 6.07) is 0. The molecule has 3 fully saturated rings. The van der Waals surface area contributed by atoms with Crippen molar-refractivity contribution in [2.45, 2.75) is 50.2 Å². The van der Waals surface area contributed by atoms with Gasteiger partial charge in [0.05, 0.1) is 25.4 Å². The number of nitrogens with two attached hydrogens (primary N) is 2. The molecule has 23 heteroatoms. The molecule has 0 radical (unpaired) electrons. The van der Waals surface area contributed by atoms with E-state index in [2.05, 4.69) is 34.6 Å². The van der Waals surface area contributed by atoms with Crippen LogP contribution in [0.1, 0.15) is 25.8 Å². The summed E-state index contributed by atoms with van der Waals surface area (Å²) in [5.74, 6) is -0.785. The first kappa shape index (κ1) is 29.1. The van der Waals surface area contributed by atoms with Crippen molar-refractivity contribution in [2.24, 2.45) is 5.92 Å². The first-order valence-electron chi connectivity index (χ1n) is 13.2. The van der Waals surface area contributed by atoms with Crippen LogP contribution in [-0.4, -0.2) is 89.9 Å². The topological polar surface area (TPSA) is 289 Å². The molecule has 0 saturated carbocycles. The van der Waals surface area contributed by atoms with E-state index >= 15 is 0 Å². The maximum atomic E-state index is 13.2. The zero-order valence-corrected chi connectivity index (χ0v) is 24.4. The molecule has 2 bridgehead atoms. The second-order valence-electron chi connectivity index (χ2n) is 10.4. The molecule has 7 N–H and O–H groups in total. The highest BCUT2D eigenvalue weighted by Crippen LogP contribution is 2.50. The van der Waals surface area contributed by atoms with Gasteiger partial charge in [-0.3, -0.25) is 28.0 Å². The summed E-state index contributed by atoms with van der Waals surface area (Å²) in [6.45, 7) is 0.718. The number of aromatic nitrogens is 8. The zero-order valence-electron chi connectivity index (χ0n) is 22.7. The van der Waals surface area contributed by atoms with Gasteiger partial charge in [-0.05, 0) is 0 Å². The third kappa shape index (κ3) is 5.12. The number of rotatable bonds is 2. The molecule has 44 heavy (non-hydrogen) atoms. The van der Waals surface area contributed by atoms with Gasteiger partial charge < -0.3 is 25.8 Å². The molecule has 7 rings (SSSR count). The number of imidazole rings is 2. The Hall–Kier alpha value is -3.60. The van der Waals surface area contributed by atoms with Crippen molar-refractivity contribution in [3.63, 3.8) is 0 Å². The van der Waals surface area contributed by atoms with Crippen LogP contribution in [0, 0.1) is 5.92 Å². The SMILES string of the molecule is C[C@@H]1[C@H]2COP(=O)(O)O[C@H]3C[C@H](n4cnc5c(N)ncnc54)OC3CNS(=O)(=O)O[C@H]1C(n1cnc3c(=O)[nH]c(N)nc31)O2. The van der Waals surface area contributed by atoms with Crippen molar-refractivity contribution in [3.05, 3.63) is 29.3 Å². The maximum Gasteiger partial charge on any atom is 0.472 e. The molecule has 3 saturated heterocycles. The number of anilines is 2. The standard InChI is InChI=1S/C21H26N11O10PS/c1-8-11-4-38-43(34,35)41-9-2-12(31-6-26-13-16(22)24-5-25-17(13)31)39-10(9)3-28-44(36,37)42-15(8)20(40-11)32-7-27-14-18(32)29-21(23)30-19(14)33/h5-12,15,20,28H,2-4H2,1H3,(H,34,35)(H2,22,24,25)(H3,23,29,30,33)/t8-,9+,10?,11-,12-,15-,20?/m1/s1. The Bertz CT molecular complexity index is 1970. The average molecular weight is 656 g/mol. The van der Waals surface area contributed by atoms with Crippen LogP contribution in [0.5, 0.6) is 0 Å². The number of phosphoric ester groups is 1. The van der Waals surface area contributed by atoms with Gasteiger partial charge in [0.15, 0.2) is 28.9 Å². The van der Waals surface area contributed by atoms with Crippen LogP contribution >= 0.6 is 7.82 Å². The van der Waals surface area contributed by atoms with Gasteiger partial charge in [0.25, 0.3) is 5.56 Å². The maximum absolute atomic E-state index is 13.2. The first-order chi connectivity index (χ1) is 20.9. The summed E-state index contributed by atoms with van der Waals surface area (Å²) in [5.41, 5.74) is 11.6. The summed E-state index contributed by atoms with van der Waals surface area (Å²) in [4.78, 5) is 45.7. The van der Waals surface area contributed by atoms with Crippen LogP contribution in [0.3, 0.4) is 0 Å². The molecular weight excluding hydrogens is 629 g/mol. The molecule has 0 amide bonds. The van der Waals surface area contributed by atoms with Crippen LogP contribution < -0.4 is 21.7 Å². The number of nitrogen functional groups attached to an aromatic ring is 2. The fourth-order valence-electron chi connectivity index (χ4n) is 5.51. The van der Waals surface area contributed by atoms with Gasteiger partial charge in [-0.15, -0.1) is 0 Å². The predicted octanol–water partition coefficient (Wildman–Crippen LogP) is -1.32. The van der Waals surface area contributed by atoms with Gasteiger partial charge >= 0.3 is 18.1 Å². The summed E-state index contributed by atoms with van der Waals surface area (Å²) >= 11 is 0. The number of ether oxygens (including phenoxy) is 2. The number of aromatic amines is 1. The molecule has 0 aliphatic carbocycles. The highest BCUT2D eigenvalue weighted by molar-refractivity contribution is 7.84. The van der Waals surface area contributed by atoms with Gasteiger partial charge in [0.1, 0.15) is 36.4 Å². The Labute approximate surface area is 246 Å². The van der Waals surface area contributed by atoms with E-state index in [-0.39, 0.29) is 29.4 Å². The fraction of sp³-hybridized carbons (Fsp3) is 0.524. The van der Waals surface area contributed by atoms with Crippen molar-refractivity contribution < 1.29 is 40.6 Å². The molecule has 3 aliphatic rings. The van der Waals surface area contributed by atoms with Crippen LogP contribution in [-0.2, 0) is 37.6 Å². The largest absolute Gasteiger partial charge is 0.472 e. The lowest BCUT2D eigenvalue weighted by molar-refractivity contribution is -0.0497. The minimum absolute atomic E-state index is 0.000521. The highest BCUT2D eigenvalue weighted by Gasteiger charge is 2.49. The second-order valence-corrected chi connectivity index (χ2v) is 13.2. The van der Waals surface area contributed by atoms with E-state index in [0.717, 1.165) is 0 Å². The Morgan fingerprint density at radius 2 is 1.82 bits per heavy atom. The van der Waals surface area contributed by atoms with E-state index in [1.165, 1.54) is 28.1 Å². The third-order valence-electron chi connectivity index (χ3n) is 7.67. The normalized spacial score (nSPS) is 34.4. The van der Waals surface area contributed by atoms with E-state index in [4.69, 9.17) is 34.2 Å². The molecule has 8 atom stereocenters. The molecule has 236 valence electrons. The van der Waals surface area contributed by atoms with Crippen molar-refractivity contribution in [2.75, 3.05) is 24.6 Å². The number of phosphoric acid groups is 1. The van der Waals surface area contributed by atoms with Crippen LogP contribution in [0.2, 0.25) is 0 Å². The van der Waals surface area contributed by atoms with Crippen LogP contribution in [0.15, 0.2) is 23.8 Å². The number of fused-ring (bicyclic) bond motifs is 5. The molecule has 0 spiro atoms. The zero-order chi connectivity index (χ0) is 31.0. The number of H-pyrrole nitrogens is 1. The minimum Gasteiger partial charge on any atom is -0.382 e. The van der Waals surface area contributed by atoms with Gasteiger partial charge in [-0.2, -0.15) is 18.1 Å². The molecule has 21 nitrogen and oxygen atoms in total. The molecule has 4 aromatic rings. The van der Waals surface area contributed by atoms with Crippen LogP contribution in [0.25, 0.3) is 22.3 Å². The molecule has 7 heterocycles. The first-order valence-corrected chi connectivity index (χ1v) is 16.1. The summed E-state index contributed by atoms with van der Waals surface area (Å²) < 4.78 is 73.3. The van der Waals surface area contributed by atoms with E-state index in [1.54, 1.807) is 6.92 Å². The Balaban J connectivity index is 1.19. The van der Waals surface area contributed by atoms with Crippen molar-refractivity contribution >= 4 is 52.2 Å². The molecular formula is C21H26N11O10PS. The lowest BCUT2D eigenvalue weighted by Gasteiger charge is -2.24. The summed E-state index contributed by atoms with van der Waals surface area (Å²) in [6.07, 6.45) is -2.53. The van der Waals surface area contributed by atoms with E-state index < -0.39 is 79.6 Å². The van der Waals surface area contributed by atoms with Crippen LogP contribution in [0.4, 0.5) is 11.8 Å². The van der Waals surface area contributed by atoms with Gasteiger partial charge in [-0.25, -0.2) is 28.7 Å².